The van der Waals surface area contributed by atoms with Gasteiger partial charge in [0, 0.05) is 22.0 Å². The van der Waals surface area contributed by atoms with Gasteiger partial charge >= 0.3 is 0 Å². The van der Waals surface area contributed by atoms with E-state index < -0.39 is 5.91 Å². The number of nitrogens with two attached hydrogens (primary N) is 1. The Morgan fingerprint density at radius 3 is 2.19 bits per heavy atom. The molecular weight excluding hydrogens is 448 g/mol. The van der Waals surface area contributed by atoms with Gasteiger partial charge < -0.3 is 15.7 Å². The van der Waals surface area contributed by atoms with Crippen LogP contribution in [0, 0.1) is 0 Å². The van der Waals surface area contributed by atoms with Crippen molar-refractivity contribution >= 4 is 22.4 Å². The minimum Gasteiger partial charge on any atom is -0.506 e. The van der Waals surface area contributed by atoms with Crippen LogP contribution >= 0.6 is 0 Å². The van der Waals surface area contributed by atoms with Gasteiger partial charge in [0.15, 0.2) is 5.75 Å². The number of carbonyl (C=O) groups excluding carboxylic acids is 1. The summed E-state index contributed by atoms with van der Waals surface area (Å²) in [4.78, 5) is 20.2. The Labute approximate surface area is 216 Å². The number of rotatable bonds is 10. The summed E-state index contributed by atoms with van der Waals surface area (Å²) in [5, 5.41) is 13.6. The van der Waals surface area contributed by atoms with Gasteiger partial charge in [0.2, 0.25) is 0 Å². The molecule has 0 aliphatic carbocycles. The molecule has 1 amide bonds. The Morgan fingerprint density at radius 2 is 1.58 bits per heavy atom. The number of amides is 1. The molecule has 0 heterocycles. The van der Waals surface area contributed by atoms with Gasteiger partial charge in [-0.05, 0) is 47.8 Å². The first-order valence-electron chi connectivity index (χ1n) is 13.1. The quantitative estimate of drug-likeness (QED) is 0.173. The molecule has 3 rings (SSSR count). The third-order valence-corrected chi connectivity index (χ3v) is 7.69. The molecule has 0 saturated carbocycles. The van der Waals surface area contributed by atoms with Crippen molar-refractivity contribution in [2.45, 2.75) is 85.0 Å². The summed E-state index contributed by atoms with van der Waals surface area (Å²) in [6, 6.07) is 15.1. The van der Waals surface area contributed by atoms with Crippen molar-refractivity contribution in [2.24, 2.45) is 0 Å². The topological polar surface area (TPSA) is 75.8 Å². The zero-order valence-corrected chi connectivity index (χ0v) is 22.9. The van der Waals surface area contributed by atoms with Gasteiger partial charge in [-0.3, -0.25) is 4.79 Å². The maximum atomic E-state index is 13.8. The molecule has 0 atom stereocenters. The molecule has 0 aliphatic heterocycles. The van der Waals surface area contributed by atoms with Crippen LogP contribution < -0.4 is 10.6 Å². The molecule has 0 bridgehead atoms. The minimum atomic E-state index is -0.406. The van der Waals surface area contributed by atoms with Crippen LogP contribution in [0.3, 0.4) is 0 Å². The second kappa shape index (κ2) is 10.8. The number of aromatic hydroxyl groups is 1. The van der Waals surface area contributed by atoms with Crippen LogP contribution in [-0.2, 0) is 10.8 Å². The van der Waals surface area contributed by atoms with E-state index in [0.29, 0.717) is 28.8 Å². The Hall–Kier alpha value is -3.21. The molecule has 194 valence electrons. The molecule has 0 unspecified atom stereocenters. The summed E-state index contributed by atoms with van der Waals surface area (Å²) in [7, 11) is 0. The van der Waals surface area contributed by atoms with Crippen molar-refractivity contribution in [3.8, 4) is 11.5 Å². The molecule has 0 radical (unpaired) electrons. The number of carbonyl (C=O) groups is 1. The normalized spacial score (nSPS) is 12.1. The second-order valence-electron chi connectivity index (χ2n) is 10.9. The van der Waals surface area contributed by atoms with E-state index in [9.17, 15) is 9.90 Å². The van der Waals surface area contributed by atoms with E-state index in [1.807, 2.05) is 24.3 Å². The Kier molecular flexibility index (Phi) is 8.22. The summed E-state index contributed by atoms with van der Waals surface area (Å²) in [5.74, 6) is 0.177. The van der Waals surface area contributed by atoms with Gasteiger partial charge in [-0.2, -0.15) is 5.06 Å². The number of anilines is 1. The van der Waals surface area contributed by atoms with Crippen LogP contribution in [0.15, 0.2) is 48.5 Å². The highest BCUT2D eigenvalue weighted by Gasteiger charge is 2.29. The smallest absolute Gasteiger partial charge is 0.290 e. The molecule has 5 nitrogen and oxygen atoms in total. The van der Waals surface area contributed by atoms with Crippen LogP contribution in [0.1, 0.15) is 95.6 Å². The Balaban J connectivity index is 2.09. The number of hydrogen-bond donors (Lipinski definition) is 2. The maximum absolute atomic E-state index is 13.8. The van der Waals surface area contributed by atoms with Crippen LogP contribution in [-0.4, -0.2) is 22.6 Å². The Morgan fingerprint density at radius 1 is 0.944 bits per heavy atom. The fourth-order valence-electron chi connectivity index (χ4n) is 4.25. The molecular formula is C31H42N2O3. The highest BCUT2D eigenvalue weighted by Crippen LogP contribution is 2.39. The van der Waals surface area contributed by atoms with E-state index >= 15 is 0 Å². The monoisotopic (exact) mass is 490 g/mol. The molecule has 5 heteroatoms. The number of unbranched alkanes of at least 4 members (excludes halogenated alkanes) is 1. The highest BCUT2D eigenvalue weighted by molar-refractivity contribution is 6.07. The predicted molar refractivity (Wildman–Crippen MR) is 150 cm³/mol. The molecule has 36 heavy (non-hydrogen) atoms. The third-order valence-electron chi connectivity index (χ3n) is 7.69. The largest absolute Gasteiger partial charge is 0.506 e. The fraction of sp³-hybridized carbons (Fsp3) is 0.452. The molecule has 3 aromatic carbocycles. The van der Waals surface area contributed by atoms with Crippen LogP contribution in [0.5, 0.6) is 11.5 Å². The average molecular weight is 491 g/mol. The zero-order chi connectivity index (χ0) is 26.7. The first kappa shape index (κ1) is 27.4. The van der Waals surface area contributed by atoms with E-state index in [2.05, 4.69) is 60.6 Å². The lowest BCUT2D eigenvalue weighted by Crippen LogP contribution is -2.36. The number of fused-ring (bicyclic) bond motifs is 1. The molecule has 0 aliphatic rings. The maximum Gasteiger partial charge on any atom is 0.290 e. The van der Waals surface area contributed by atoms with Gasteiger partial charge in [-0.15, -0.1) is 0 Å². The van der Waals surface area contributed by atoms with Gasteiger partial charge in [0.1, 0.15) is 5.75 Å². The highest BCUT2D eigenvalue weighted by atomic mass is 16.7. The van der Waals surface area contributed by atoms with Crippen molar-refractivity contribution in [3.05, 3.63) is 65.2 Å². The van der Waals surface area contributed by atoms with E-state index in [1.165, 1.54) is 10.6 Å². The predicted octanol–water partition coefficient (Wildman–Crippen LogP) is 7.74. The van der Waals surface area contributed by atoms with Crippen molar-refractivity contribution in [1.82, 2.24) is 5.06 Å². The van der Waals surface area contributed by atoms with Crippen molar-refractivity contribution in [1.29, 1.82) is 0 Å². The first-order valence-corrected chi connectivity index (χ1v) is 13.1. The standard InChI is InChI=1S/C31H42N2O3/c1-8-11-18-33(29(35)24-20-26(32)22-14-12-13-15-23(22)28(24)34)36-27-17-16-21(30(4,5)9-2)19-25(27)31(6,7)10-3/h12-17,19-20,34H,8-11,18,32H2,1-7H3. The molecule has 0 aromatic heterocycles. The number of hydroxylamine groups is 2. The van der Waals surface area contributed by atoms with Crippen molar-refractivity contribution < 1.29 is 14.7 Å². The summed E-state index contributed by atoms with van der Waals surface area (Å²) < 4.78 is 0. The SMILES string of the molecule is CCCCN(Oc1ccc(C(C)(C)CC)cc1C(C)(C)CC)C(=O)c1cc(N)c2ccccc2c1O. The second-order valence-corrected chi connectivity index (χ2v) is 10.9. The first-order chi connectivity index (χ1) is 17.0. The van der Waals surface area contributed by atoms with Crippen molar-refractivity contribution in [2.75, 3.05) is 12.3 Å². The van der Waals surface area contributed by atoms with E-state index in [1.54, 1.807) is 12.1 Å². The summed E-state index contributed by atoms with van der Waals surface area (Å²) in [5.41, 5.74) is 9.05. The van der Waals surface area contributed by atoms with Crippen LogP contribution in [0.25, 0.3) is 10.8 Å². The van der Waals surface area contributed by atoms with Gasteiger partial charge in [0.05, 0.1) is 12.1 Å². The summed E-state index contributed by atoms with van der Waals surface area (Å²) in [6.45, 7) is 15.7. The lowest BCUT2D eigenvalue weighted by Gasteiger charge is -2.32. The fourth-order valence-corrected chi connectivity index (χ4v) is 4.25. The third kappa shape index (κ3) is 5.45. The lowest BCUT2D eigenvalue weighted by molar-refractivity contribution is -0.0352. The minimum absolute atomic E-state index is 0.0310. The van der Waals surface area contributed by atoms with Gasteiger partial charge in [-0.1, -0.05) is 91.3 Å². The average Bonchev–Trinajstić information content (AvgIpc) is 2.88. The van der Waals surface area contributed by atoms with E-state index in [4.69, 9.17) is 10.6 Å². The number of nitrogens with zero attached hydrogens (tertiary/aromatic N) is 1. The van der Waals surface area contributed by atoms with Gasteiger partial charge in [-0.25, -0.2) is 0 Å². The molecule has 3 aromatic rings. The Bertz CT molecular complexity index is 1230. The number of hydrogen-bond acceptors (Lipinski definition) is 4. The molecule has 0 saturated heterocycles. The number of phenols is 1. The van der Waals surface area contributed by atoms with E-state index in [0.717, 1.165) is 31.2 Å². The van der Waals surface area contributed by atoms with Crippen LogP contribution in [0.2, 0.25) is 0 Å². The lowest BCUT2D eigenvalue weighted by atomic mass is 9.76. The molecule has 3 N–H and O–H groups in total. The summed E-state index contributed by atoms with van der Waals surface area (Å²) >= 11 is 0. The van der Waals surface area contributed by atoms with Gasteiger partial charge in [0.25, 0.3) is 5.91 Å². The number of phenolic OH excluding ortho intramolecular Hbond substituents is 1. The molecule has 0 spiro atoms. The number of benzene rings is 3. The van der Waals surface area contributed by atoms with Crippen molar-refractivity contribution in [3.63, 3.8) is 0 Å². The zero-order valence-electron chi connectivity index (χ0n) is 22.9. The van der Waals surface area contributed by atoms with Crippen LogP contribution in [0.4, 0.5) is 5.69 Å². The van der Waals surface area contributed by atoms with E-state index in [-0.39, 0.29) is 22.1 Å². The summed E-state index contributed by atoms with van der Waals surface area (Å²) in [6.07, 6.45) is 3.60. The molecule has 0 fully saturated rings. The number of nitrogen functional groups attached to an aromatic ring is 1.